The molecule has 0 aliphatic carbocycles. The highest BCUT2D eigenvalue weighted by Crippen LogP contribution is 2.16. The van der Waals surface area contributed by atoms with E-state index >= 15 is 0 Å². The SMILES string of the molecule is CC(=O)Nc1ccc(Nc2nccc(C(=O)NCCc3ccc(F)cc3)n2)cc1. The summed E-state index contributed by atoms with van der Waals surface area (Å²) in [5.74, 6) is -0.474. The molecule has 0 radical (unpaired) electrons. The molecular formula is C21H20FN5O2. The first-order chi connectivity index (χ1) is 14.0. The number of rotatable bonds is 7. The number of halogens is 1. The molecule has 0 aliphatic heterocycles. The van der Waals surface area contributed by atoms with Crippen LogP contribution in [0.2, 0.25) is 0 Å². The smallest absolute Gasteiger partial charge is 0.270 e. The Labute approximate surface area is 167 Å². The lowest BCUT2D eigenvalue weighted by Gasteiger charge is -2.08. The summed E-state index contributed by atoms with van der Waals surface area (Å²) in [6.45, 7) is 1.85. The largest absolute Gasteiger partial charge is 0.350 e. The molecule has 0 spiro atoms. The molecule has 7 nitrogen and oxygen atoms in total. The van der Waals surface area contributed by atoms with Crippen LogP contribution in [0.5, 0.6) is 0 Å². The van der Waals surface area contributed by atoms with Crippen molar-refractivity contribution in [2.24, 2.45) is 0 Å². The van der Waals surface area contributed by atoms with Gasteiger partial charge in [-0.15, -0.1) is 0 Å². The third-order valence-corrected chi connectivity index (χ3v) is 3.96. The first kappa shape index (κ1) is 19.9. The van der Waals surface area contributed by atoms with Gasteiger partial charge in [0.25, 0.3) is 5.91 Å². The molecule has 0 saturated heterocycles. The van der Waals surface area contributed by atoms with Gasteiger partial charge >= 0.3 is 0 Å². The van der Waals surface area contributed by atoms with Crippen LogP contribution in [0.1, 0.15) is 23.0 Å². The molecule has 1 aromatic heterocycles. The van der Waals surface area contributed by atoms with E-state index in [0.29, 0.717) is 24.3 Å². The first-order valence-electron chi connectivity index (χ1n) is 9.00. The van der Waals surface area contributed by atoms with Crippen molar-refractivity contribution in [2.45, 2.75) is 13.3 Å². The lowest BCUT2D eigenvalue weighted by atomic mass is 10.1. The van der Waals surface area contributed by atoms with Gasteiger partial charge in [-0.3, -0.25) is 9.59 Å². The number of benzene rings is 2. The molecule has 0 aliphatic rings. The van der Waals surface area contributed by atoms with E-state index in [1.165, 1.54) is 31.3 Å². The van der Waals surface area contributed by atoms with Crippen LogP contribution < -0.4 is 16.0 Å². The standard InChI is InChI=1S/C21H20FN5O2/c1-14(28)25-17-6-8-18(9-7-17)26-21-24-13-11-19(27-21)20(29)23-12-10-15-2-4-16(22)5-3-15/h2-9,11,13H,10,12H2,1H3,(H,23,29)(H,25,28)(H,24,26,27). The third-order valence-electron chi connectivity index (χ3n) is 3.96. The molecule has 0 unspecified atom stereocenters. The number of aromatic nitrogens is 2. The maximum Gasteiger partial charge on any atom is 0.270 e. The molecule has 148 valence electrons. The second-order valence-electron chi connectivity index (χ2n) is 6.28. The monoisotopic (exact) mass is 393 g/mol. The molecule has 1 heterocycles. The number of amides is 2. The molecular weight excluding hydrogens is 373 g/mol. The summed E-state index contributed by atoms with van der Waals surface area (Å²) in [5.41, 5.74) is 2.56. The highest BCUT2D eigenvalue weighted by Gasteiger charge is 2.09. The van der Waals surface area contributed by atoms with Crippen LogP contribution in [-0.4, -0.2) is 28.3 Å². The van der Waals surface area contributed by atoms with Gasteiger partial charge in [-0.05, 0) is 54.4 Å². The van der Waals surface area contributed by atoms with Crippen LogP contribution in [-0.2, 0) is 11.2 Å². The van der Waals surface area contributed by atoms with Gasteiger partial charge in [0.1, 0.15) is 11.5 Å². The van der Waals surface area contributed by atoms with E-state index < -0.39 is 0 Å². The number of anilines is 3. The fourth-order valence-corrected chi connectivity index (χ4v) is 2.58. The highest BCUT2D eigenvalue weighted by atomic mass is 19.1. The van der Waals surface area contributed by atoms with Crippen LogP contribution in [0, 0.1) is 5.82 Å². The van der Waals surface area contributed by atoms with Gasteiger partial charge in [0.15, 0.2) is 0 Å². The second-order valence-corrected chi connectivity index (χ2v) is 6.28. The molecule has 8 heteroatoms. The van der Waals surface area contributed by atoms with Gasteiger partial charge in [0, 0.05) is 31.0 Å². The molecule has 0 saturated carbocycles. The van der Waals surface area contributed by atoms with Crippen molar-refractivity contribution in [1.82, 2.24) is 15.3 Å². The van der Waals surface area contributed by atoms with Crippen molar-refractivity contribution in [3.05, 3.63) is 77.9 Å². The van der Waals surface area contributed by atoms with E-state index in [9.17, 15) is 14.0 Å². The first-order valence-corrected chi connectivity index (χ1v) is 9.00. The van der Waals surface area contributed by atoms with Crippen LogP contribution in [0.3, 0.4) is 0 Å². The Morgan fingerprint density at radius 2 is 1.66 bits per heavy atom. The molecule has 29 heavy (non-hydrogen) atoms. The Hall–Kier alpha value is -3.81. The quantitative estimate of drug-likeness (QED) is 0.572. The summed E-state index contributed by atoms with van der Waals surface area (Å²) in [7, 11) is 0. The summed E-state index contributed by atoms with van der Waals surface area (Å²) < 4.78 is 12.9. The molecule has 3 rings (SSSR count). The van der Waals surface area contributed by atoms with Crippen molar-refractivity contribution >= 4 is 29.1 Å². The maximum absolute atomic E-state index is 12.9. The molecule has 0 atom stereocenters. The van der Waals surface area contributed by atoms with Gasteiger partial charge in [-0.25, -0.2) is 14.4 Å². The van der Waals surface area contributed by atoms with E-state index in [-0.39, 0.29) is 29.3 Å². The zero-order valence-electron chi connectivity index (χ0n) is 15.8. The fourth-order valence-electron chi connectivity index (χ4n) is 2.58. The molecule has 2 amide bonds. The Balaban J connectivity index is 1.56. The number of carbonyl (C=O) groups is 2. The lowest BCUT2D eigenvalue weighted by molar-refractivity contribution is -0.114. The topological polar surface area (TPSA) is 96.0 Å². The lowest BCUT2D eigenvalue weighted by Crippen LogP contribution is -2.26. The summed E-state index contributed by atoms with van der Waals surface area (Å²) in [4.78, 5) is 31.7. The van der Waals surface area contributed by atoms with Crippen LogP contribution >= 0.6 is 0 Å². The van der Waals surface area contributed by atoms with Crippen molar-refractivity contribution in [1.29, 1.82) is 0 Å². The van der Waals surface area contributed by atoms with E-state index in [4.69, 9.17) is 0 Å². The Morgan fingerprint density at radius 3 is 2.34 bits per heavy atom. The van der Waals surface area contributed by atoms with Crippen LogP contribution in [0.25, 0.3) is 0 Å². The number of hydrogen-bond donors (Lipinski definition) is 3. The normalized spacial score (nSPS) is 10.3. The maximum atomic E-state index is 12.9. The minimum absolute atomic E-state index is 0.146. The summed E-state index contributed by atoms with van der Waals surface area (Å²) in [6.07, 6.45) is 2.08. The molecule has 0 bridgehead atoms. The molecule has 3 N–H and O–H groups in total. The molecule has 3 aromatic rings. The zero-order valence-corrected chi connectivity index (χ0v) is 15.8. The average molecular weight is 393 g/mol. The van der Waals surface area contributed by atoms with Crippen molar-refractivity contribution in [3.8, 4) is 0 Å². The van der Waals surface area contributed by atoms with Gasteiger partial charge in [-0.2, -0.15) is 0 Å². The van der Waals surface area contributed by atoms with Crippen LogP contribution in [0.15, 0.2) is 60.8 Å². The number of carbonyl (C=O) groups excluding carboxylic acids is 2. The van der Waals surface area contributed by atoms with Crippen molar-refractivity contribution < 1.29 is 14.0 Å². The fraction of sp³-hybridized carbons (Fsp3) is 0.143. The minimum Gasteiger partial charge on any atom is -0.350 e. The van der Waals surface area contributed by atoms with Gasteiger partial charge in [-0.1, -0.05) is 12.1 Å². The Bertz CT molecular complexity index is 991. The summed E-state index contributed by atoms with van der Waals surface area (Å²) in [6, 6.07) is 14.7. The van der Waals surface area contributed by atoms with E-state index in [1.54, 1.807) is 36.4 Å². The predicted octanol–water partition coefficient (Wildman–Crippen LogP) is 3.29. The number of hydrogen-bond acceptors (Lipinski definition) is 5. The second kappa shape index (κ2) is 9.41. The minimum atomic E-state index is -0.321. The number of nitrogens with zero attached hydrogens (tertiary/aromatic N) is 2. The predicted molar refractivity (Wildman–Crippen MR) is 108 cm³/mol. The molecule has 0 fully saturated rings. The van der Waals surface area contributed by atoms with Crippen LogP contribution in [0.4, 0.5) is 21.7 Å². The van der Waals surface area contributed by atoms with Crippen molar-refractivity contribution in [3.63, 3.8) is 0 Å². The van der Waals surface area contributed by atoms with Gasteiger partial charge in [0.2, 0.25) is 11.9 Å². The highest BCUT2D eigenvalue weighted by molar-refractivity contribution is 5.92. The van der Waals surface area contributed by atoms with Gasteiger partial charge in [0.05, 0.1) is 0 Å². The summed E-state index contributed by atoms with van der Waals surface area (Å²) >= 11 is 0. The Kier molecular flexibility index (Phi) is 6.47. The Morgan fingerprint density at radius 1 is 0.966 bits per heavy atom. The van der Waals surface area contributed by atoms with Gasteiger partial charge < -0.3 is 16.0 Å². The average Bonchev–Trinajstić information content (AvgIpc) is 2.71. The van der Waals surface area contributed by atoms with E-state index in [0.717, 1.165) is 5.56 Å². The molecule has 2 aromatic carbocycles. The zero-order chi connectivity index (χ0) is 20.6. The number of nitrogens with one attached hydrogen (secondary N) is 3. The van der Waals surface area contributed by atoms with E-state index in [2.05, 4.69) is 25.9 Å². The van der Waals surface area contributed by atoms with Crippen molar-refractivity contribution in [2.75, 3.05) is 17.2 Å². The summed E-state index contributed by atoms with van der Waals surface area (Å²) in [5, 5.41) is 8.49. The van der Waals surface area contributed by atoms with E-state index in [1.807, 2.05) is 0 Å². The third kappa shape index (κ3) is 6.10.